The van der Waals surface area contributed by atoms with Crippen LogP contribution in [0.15, 0.2) is 18.2 Å². The average molecular weight is 329 g/mol. The molecule has 1 atom stereocenters. The van der Waals surface area contributed by atoms with E-state index in [1.165, 1.54) is 0 Å². The van der Waals surface area contributed by atoms with Gasteiger partial charge in [-0.2, -0.15) is 0 Å². The molecule has 0 radical (unpaired) electrons. The molecule has 1 rings (SSSR count). The molecule has 1 aromatic carbocycles. The minimum atomic E-state index is -0.390. The number of benzene rings is 1. The topological polar surface area (TPSA) is 70.6 Å². The second kappa shape index (κ2) is 9.54. The summed E-state index contributed by atoms with van der Waals surface area (Å²) in [7, 11) is 1.59. The highest BCUT2D eigenvalue weighted by molar-refractivity contribution is 6.31. The Kier molecular flexibility index (Phi) is 8.06. The predicted molar refractivity (Wildman–Crippen MR) is 88.6 cm³/mol. The van der Waals surface area contributed by atoms with Crippen LogP contribution < -0.4 is 15.4 Å². The summed E-state index contributed by atoms with van der Waals surface area (Å²) in [5.41, 5.74) is 0.956. The van der Waals surface area contributed by atoms with Crippen LogP contribution in [0.3, 0.4) is 0 Å². The number of halogens is 1. The third-order valence-electron chi connectivity index (χ3n) is 3.44. The van der Waals surface area contributed by atoms with E-state index in [1.54, 1.807) is 13.2 Å². The van der Waals surface area contributed by atoms with Gasteiger partial charge in [0.1, 0.15) is 5.75 Å². The molecule has 0 heterocycles. The molecule has 1 unspecified atom stereocenters. The van der Waals surface area contributed by atoms with Gasteiger partial charge >= 0.3 is 6.03 Å². The van der Waals surface area contributed by atoms with Crippen LogP contribution in [0.25, 0.3) is 0 Å². The Labute approximate surface area is 137 Å². The van der Waals surface area contributed by atoms with Gasteiger partial charge in [0.2, 0.25) is 0 Å². The van der Waals surface area contributed by atoms with Crippen molar-refractivity contribution in [3.63, 3.8) is 0 Å². The van der Waals surface area contributed by atoms with Gasteiger partial charge in [0.25, 0.3) is 0 Å². The standard InChI is InChI=1S/C16H25ClN2O3/c1-11(2)15(20)7-9-19-16(21)18-8-6-12-4-5-13(22-3)10-14(12)17/h4-5,10-11,15,20H,6-9H2,1-3H3,(H2,18,19,21). The van der Waals surface area contributed by atoms with Gasteiger partial charge in [-0.1, -0.05) is 31.5 Å². The Bertz CT molecular complexity index is 480. The number of rotatable bonds is 8. The van der Waals surface area contributed by atoms with Crippen LogP contribution in [0.4, 0.5) is 4.79 Å². The lowest BCUT2D eigenvalue weighted by molar-refractivity contribution is 0.116. The second-order valence-corrected chi connectivity index (χ2v) is 5.90. The highest BCUT2D eigenvalue weighted by Crippen LogP contribution is 2.22. The fraction of sp³-hybridized carbons (Fsp3) is 0.562. The third-order valence-corrected chi connectivity index (χ3v) is 3.79. The highest BCUT2D eigenvalue weighted by atomic mass is 35.5. The molecule has 5 nitrogen and oxygen atoms in total. The molecular formula is C16H25ClN2O3. The quantitative estimate of drug-likeness (QED) is 0.687. The Morgan fingerprint density at radius 3 is 2.59 bits per heavy atom. The monoisotopic (exact) mass is 328 g/mol. The Hall–Kier alpha value is -1.46. The summed E-state index contributed by atoms with van der Waals surface area (Å²) < 4.78 is 5.09. The van der Waals surface area contributed by atoms with Crippen molar-refractivity contribution in [1.29, 1.82) is 0 Å². The number of hydrogen-bond donors (Lipinski definition) is 3. The van der Waals surface area contributed by atoms with Crippen molar-refractivity contribution in [1.82, 2.24) is 10.6 Å². The number of amides is 2. The lowest BCUT2D eigenvalue weighted by atomic mass is 10.0. The van der Waals surface area contributed by atoms with Crippen LogP contribution in [0.5, 0.6) is 5.75 Å². The number of aliphatic hydroxyl groups is 1. The first-order valence-electron chi connectivity index (χ1n) is 7.46. The minimum absolute atomic E-state index is 0.196. The first-order valence-corrected chi connectivity index (χ1v) is 7.84. The summed E-state index contributed by atoms with van der Waals surface area (Å²) in [6.45, 7) is 4.84. The molecule has 0 aliphatic carbocycles. The van der Waals surface area contributed by atoms with Gasteiger partial charge in [-0.3, -0.25) is 0 Å². The Morgan fingerprint density at radius 2 is 2.00 bits per heavy atom. The molecule has 0 aliphatic rings. The van der Waals surface area contributed by atoms with E-state index in [9.17, 15) is 9.90 Å². The molecule has 2 amide bonds. The molecule has 0 saturated heterocycles. The fourth-order valence-corrected chi connectivity index (χ4v) is 2.16. The molecule has 124 valence electrons. The molecule has 22 heavy (non-hydrogen) atoms. The normalized spacial score (nSPS) is 12.1. The summed E-state index contributed by atoms with van der Waals surface area (Å²) in [4.78, 5) is 11.6. The zero-order valence-electron chi connectivity index (χ0n) is 13.4. The third kappa shape index (κ3) is 6.54. The zero-order valence-corrected chi connectivity index (χ0v) is 14.1. The van der Waals surface area contributed by atoms with Crippen molar-refractivity contribution in [2.24, 2.45) is 5.92 Å². The largest absolute Gasteiger partial charge is 0.497 e. The van der Waals surface area contributed by atoms with Gasteiger partial charge in [0.15, 0.2) is 0 Å². The van der Waals surface area contributed by atoms with Crippen molar-refractivity contribution in [2.75, 3.05) is 20.2 Å². The van der Waals surface area contributed by atoms with E-state index in [-0.39, 0.29) is 11.9 Å². The van der Waals surface area contributed by atoms with Crippen molar-refractivity contribution < 1.29 is 14.6 Å². The van der Waals surface area contributed by atoms with E-state index >= 15 is 0 Å². The summed E-state index contributed by atoms with van der Waals surface area (Å²) in [5, 5.41) is 15.8. The maximum Gasteiger partial charge on any atom is 0.314 e. The molecule has 0 spiro atoms. The molecule has 0 aromatic heterocycles. The summed E-state index contributed by atoms with van der Waals surface area (Å²) in [6, 6.07) is 5.25. The number of urea groups is 1. The van der Waals surface area contributed by atoms with Crippen LogP contribution >= 0.6 is 11.6 Å². The van der Waals surface area contributed by atoms with E-state index in [0.717, 1.165) is 5.56 Å². The van der Waals surface area contributed by atoms with E-state index in [0.29, 0.717) is 36.7 Å². The summed E-state index contributed by atoms with van der Waals surface area (Å²) in [5.74, 6) is 0.908. The summed E-state index contributed by atoms with van der Waals surface area (Å²) in [6.07, 6.45) is 0.804. The number of carbonyl (C=O) groups is 1. The van der Waals surface area contributed by atoms with Crippen molar-refractivity contribution in [3.8, 4) is 5.75 Å². The molecule has 1 aromatic rings. The van der Waals surface area contributed by atoms with E-state index in [1.807, 2.05) is 26.0 Å². The van der Waals surface area contributed by atoms with Crippen LogP contribution in [0, 0.1) is 5.92 Å². The molecule has 0 saturated carbocycles. The van der Waals surface area contributed by atoms with E-state index in [2.05, 4.69) is 10.6 Å². The average Bonchev–Trinajstić information content (AvgIpc) is 2.48. The number of aliphatic hydroxyl groups excluding tert-OH is 1. The van der Waals surface area contributed by atoms with Gasteiger partial charge in [-0.05, 0) is 36.5 Å². The summed E-state index contributed by atoms with van der Waals surface area (Å²) >= 11 is 6.14. The molecular weight excluding hydrogens is 304 g/mol. The van der Waals surface area contributed by atoms with Crippen LogP contribution in [-0.2, 0) is 6.42 Å². The SMILES string of the molecule is COc1ccc(CCNC(=O)NCCC(O)C(C)C)c(Cl)c1. The van der Waals surface area contributed by atoms with Gasteiger partial charge in [0.05, 0.1) is 13.2 Å². The lowest BCUT2D eigenvalue weighted by Crippen LogP contribution is -2.38. The van der Waals surface area contributed by atoms with E-state index in [4.69, 9.17) is 16.3 Å². The second-order valence-electron chi connectivity index (χ2n) is 5.49. The van der Waals surface area contributed by atoms with Crippen molar-refractivity contribution in [2.45, 2.75) is 32.8 Å². The number of carbonyl (C=O) groups excluding carboxylic acids is 1. The van der Waals surface area contributed by atoms with Crippen molar-refractivity contribution in [3.05, 3.63) is 28.8 Å². The fourth-order valence-electron chi connectivity index (χ4n) is 1.90. The van der Waals surface area contributed by atoms with Gasteiger partial charge in [-0.15, -0.1) is 0 Å². The number of hydrogen-bond acceptors (Lipinski definition) is 3. The molecule has 0 aliphatic heterocycles. The predicted octanol–water partition coefficient (Wildman–Crippen LogP) is 2.60. The van der Waals surface area contributed by atoms with Crippen molar-refractivity contribution >= 4 is 17.6 Å². The Balaban J connectivity index is 2.25. The lowest BCUT2D eigenvalue weighted by Gasteiger charge is -2.14. The Morgan fingerprint density at radius 1 is 1.32 bits per heavy atom. The molecule has 6 heteroatoms. The highest BCUT2D eigenvalue weighted by Gasteiger charge is 2.09. The zero-order chi connectivity index (χ0) is 16.5. The molecule has 0 bridgehead atoms. The van der Waals surface area contributed by atoms with Crippen LogP contribution in [-0.4, -0.2) is 37.4 Å². The van der Waals surface area contributed by atoms with Gasteiger partial charge in [-0.25, -0.2) is 4.79 Å². The van der Waals surface area contributed by atoms with Gasteiger partial charge in [0, 0.05) is 18.1 Å². The maximum absolute atomic E-state index is 11.6. The van der Waals surface area contributed by atoms with Crippen LogP contribution in [0.1, 0.15) is 25.8 Å². The number of ether oxygens (including phenoxy) is 1. The minimum Gasteiger partial charge on any atom is -0.497 e. The molecule has 3 N–H and O–H groups in total. The maximum atomic E-state index is 11.6. The number of methoxy groups -OCH3 is 1. The molecule has 0 fully saturated rings. The number of nitrogens with one attached hydrogen (secondary N) is 2. The van der Waals surface area contributed by atoms with E-state index < -0.39 is 6.10 Å². The smallest absolute Gasteiger partial charge is 0.314 e. The van der Waals surface area contributed by atoms with Crippen LogP contribution in [0.2, 0.25) is 5.02 Å². The first-order chi connectivity index (χ1) is 10.4. The van der Waals surface area contributed by atoms with Gasteiger partial charge < -0.3 is 20.5 Å². The first kappa shape index (κ1) is 18.6.